The van der Waals surface area contributed by atoms with Crippen molar-refractivity contribution in [3.63, 3.8) is 0 Å². The molecule has 0 bridgehead atoms. The van der Waals surface area contributed by atoms with E-state index in [0.29, 0.717) is 24.1 Å². The van der Waals surface area contributed by atoms with Crippen LogP contribution in [-0.4, -0.2) is 28.2 Å². The molecule has 4 nitrogen and oxygen atoms in total. The molecule has 0 aliphatic carbocycles. The van der Waals surface area contributed by atoms with Gasteiger partial charge >= 0.3 is 0 Å². The van der Waals surface area contributed by atoms with Crippen LogP contribution in [0, 0.1) is 0 Å². The molecule has 2 amide bonds. The summed E-state index contributed by atoms with van der Waals surface area (Å²) in [5.74, 6) is -0.363. The molecule has 122 valence electrons. The van der Waals surface area contributed by atoms with Crippen LogP contribution in [0.2, 0.25) is 0 Å². The number of carbonyl (C=O) groups excluding carboxylic acids is 2. The van der Waals surface area contributed by atoms with Crippen LogP contribution in [0.15, 0.2) is 60.8 Å². The van der Waals surface area contributed by atoms with E-state index in [1.807, 2.05) is 30.5 Å². The third-order valence-electron chi connectivity index (χ3n) is 4.09. The normalized spacial score (nSPS) is 13.8. The lowest BCUT2D eigenvalue weighted by molar-refractivity contribution is 0.0657. The molecule has 0 unspecified atom stereocenters. The molecule has 1 aromatic carbocycles. The van der Waals surface area contributed by atoms with E-state index in [1.165, 1.54) is 4.90 Å². The van der Waals surface area contributed by atoms with E-state index in [-0.39, 0.29) is 11.8 Å². The lowest BCUT2D eigenvalue weighted by Gasteiger charge is -2.11. The second-order valence-electron chi connectivity index (χ2n) is 5.78. The van der Waals surface area contributed by atoms with Crippen LogP contribution in [0.25, 0.3) is 0 Å². The van der Waals surface area contributed by atoms with Gasteiger partial charge in [-0.1, -0.05) is 30.4 Å². The molecule has 1 aromatic heterocycles. The second-order valence-corrected chi connectivity index (χ2v) is 5.78. The fraction of sp³-hybridized carbons (Fsp3) is 0.250. The van der Waals surface area contributed by atoms with E-state index in [9.17, 15) is 9.59 Å². The number of fused-ring (bicyclic) bond motifs is 1. The maximum atomic E-state index is 12.2. The highest BCUT2D eigenvalue weighted by Crippen LogP contribution is 2.22. The average molecular weight is 320 g/mol. The molecule has 0 radical (unpaired) electrons. The molecule has 0 N–H and O–H groups in total. The summed E-state index contributed by atoms with van der Waals surface area (Å²) in [6.07, 6.45) is 9.63. The van der Waals surface area contributed by atoms with Gasteiger partial charge in [0.15, 0.2) is 0 Å². The minimum Gasteiger partial charge on any atom is -0.274 e. The lowest BCUT2D eigenvalue weighted by Crippen LogP contribution is -2.30. The first-order valence-electron chi connectivity index (χ1n) is 8.27. The number of aromatic nitrogens is 1. The van der Waals surface area contributed by atoms with Crippen LogP contribution in [0.5, 0.6) is 0 Å². The molecule has 1 aliphatic heterocycles. The number of nitrogens with zero attached hydrogens (tertiary/aromatic N) is 2. The quantitative estimate of drug-likeness (QED) is 0.444. The molecule has 4 heteroatoms. The van der Waals surface area contributed by atoms with Gasteiger partial charge in [-0.05, 0) is 49.9 Å². The molecule has 3 rings (SSSR count). The van der Waals surface area contributed by atoms with Crippen LogP contribution in [0.1, 0.15) is 45.7 Å². The fourth-order valence-corrected chi connectivity index (χ4v) is 2.83. The lowest BCUT2D eigenvalue weighted by atomic mass is 10.1. The van der Waals surface area contributed by atoms with Gasteiger partial charge < -0.3 is 0 Å². The standard InChI is InChI=1S/C20H20N2O2/c23-19-17-12-5-6-13-18(17)20(24)22(19)15-9-3-1-2-4-10-16-11-7-8-14-21-16/h1,3,5-8,11-14H,2,4,9-10,15H2/b3-1+. The zero-order valence-corrected chi connectivity index (χ0v) is 13.5. The number of rotatable bonds is 7. The molecule has 0 atom stereocenters. The van der Waals surface area contributed by atoms with Gasteiger partial charge in [0.2, 0.25) is 0 Å². The Bertz CT molecular complexity index is 718. The van der Waals surface area contributed by atoms with Gasteiger partial charge in [0, 0.05) is 18.4 Å². The van der Waals surface area contributed by atoms with Crippen LogP contribution < -0.4 is 0 Å². The number of unbranched alkanes of at least 4 members (excludes halogenated alkanes) is 1. The summed E-state index contributed by atoms with van der Waals surface area (Å²) in [5, 5.41) is 0. The Balaban J connectivity index is 1.41. The van der Waals surface area contributed by atoms with Gasteiger partial charge in [0.1, 0.15) is 0 Å². The first kappa shape index (κ1) is 16.1. The zero-order valence-electron chi connectivity index (χ0n) is 13.5. The van der Waals surface area contributed by atoms with Gasteiger partial charge in [-0.3, -0.25) is 19.5 Å². The molecule has 0 saturated heterocycles. The molecular formula is C20H20N2O2. The van der Waals surface area contributed by atoms with Crippen molar-refractivity contribution >= 4 is 11.8 Å². The Morgan fingerprint density at radius 2 is 1.54 bits per heavy atom. The van der Waals surface area contributed by atoms with Crippen molar-refractivity contribution in [1.82, 2.24) is 9.88 Å². The van der Waals surface area contributed by atoms with E-state index < -0.39 is 0 Å². The molecule has 0 saturated carbocycles. The van der Waals surface area contributed by atoms with Crippen molar-refractivity contribution in [2.75, 3.05) is 6.54 Å². The summed E-state index contributed by atoms with van der Waals surface area (Å²) in [4.78, 5) is 30.0. The fourth-order valence-electron chi connectivity index (χ4n) is 2.83. The first-order valence-corrected chi connectivity index (χ1v) is 8.27. The SMILES string of the molecule is O=C1c2ccccc2C(=O)N1CC/C=C/CCCc1ccccn1. The highest BCUT2D eigenvalue weighted by molar-refractivity contribution is 6.21. The van der Waals surface area contributed by atoms with Crippen molar-refractivity contribution < 1.29 is 9.59 Å². The molecular weight excluding hydrogens is 300 g/mol. The van der Waals surface area contributed by atoms with Crippen LogP contribution in [-0.2, 0) is 6.42 Å². The van der Waals surface area contributed by atoms with Gasteiger partial charge in [-0.2, -0.15) is 0 Å². The summed E-state index contributed by atoms with van der Waals surface area (Å²) in [6.45, 7) is 0.434. The van der Waals surface area contributed by atoms with E-state index in [4.69, 9.17) is 0 Å². The average Bonchev–Trinajstić information content (AvgIpc) is 2.87. The zero-order chi connectivity index (χ0) is 16.8. The van der Waals surface area contributed by atoms with E-state index in [0.717, 1.165) is 25.0 Å². The summed E-state index contributed by atoms with van der Waals surface area (Å²) >= 11 is 0. The predicted octanol–water partition coefficient (Wildman–Crippen LogP) is 3.65. The smallest absolute Gasteiger partial charge is 0.261 e. The van der Waals surface area contributed by atoms with Crippen LogP contribution >= 0.6 is 0 Å². The van der Waals surface area contributed by atoms with Crippen molar-refractivity contribution in [3.8, 4) is 0 Å². The van der Waals surface area contributed by atoms with Crippen molar-refractivity contribution in [1.29, 1.82) is 0 Å². The molecule has 2 aromatic rings. The summed E-state index contributed by atoms with van der Waals surface area (Å²) < 4.78 is 0. The number of allylic oxidation sites excluding steroid dienone is 1. The van der Waals surface area contributed by atoms with E-state index >= 15 is 0 Å². The number of pyridine rings is 1. The number of imide groups is 1. The Kier molecular flexibility index (Phi) is 5.16. The number of hydrogen-bond donors (Lipinski definition) is 0. The number of benzene rings is 1. The number of aryl methyl sites for hydroxylation is 1. The summed E-state index contributed by atoms with van der Waals surface area (Å²) in [5.41, 5.74) is 2.14. The highest BCUT2D eigenvalue weighted by Gasteiger charge is 2.34. The Morgan fingerprint density at radius 3 is 2.21 bits per heavy atom. The van der Waals surface area contributed by atoms with Gasteiger partial charge in [0.25, 0.3) is 11.8 Å². The van der Waals surface area contributed by atoms with Gasteiger partial charge in [-0.25, -0.2) is 0 Å². The topological polar surface area (TPSA) is 50.3 Å². The maximum Gasteiger partial charge on any atom is 0.261 e. The molecule has 0 fully saturated rings. The highest BCUT2D eigenvalue weighted by atomic mass is 16.2. The predicted molar refractivity (Wildman–Crippen MR) is 92.7 cm³/mol. The Labute approximate surface area is 141 Å². The first-order chi connectivity index (χ1) is 11.8. The number of amides is 2. The Morgan fingerprint density at radius 1 is 0.875 bits per heavy atom. The molecule has 0 spiro atoms. The van der Waals surface area contributed by atoms with Gasteiger partial charge in [-0.15, -0.1) is 0 Å². The molecule has 1 aliphatic rings. The third-order valence-corrected chi connectivity index (χ3v) is 4.09. The minimum absolute atomic E-state index is 0.181. The number of hydrogen-bond acceptors (Lipinski definition) is 3. The Hall–Kier alpha value is -2.75. The van der Waals surface area contributed by atoms with Crippen molar-refractivity contribution in [3.05, 3.63) is 77.6 Å². The van der Waals surface area contributed by atoms with E-state index in [2.05, 4.69) is 11.1 Å². The largest absolute Gasteiger partial charge is 0.274 e. The van der Waals surface area contributed by atoms with Crippen LogP contribution in [0.3, 0.4) is 0 Å². The van der Waals surface area contributed by atoms with Crippen molar-refractivity contribution in [2.24, 2.45) is 0 Å². The van der Waals surface area contributed by atoms with Crippen molar-refractivity contribution in [2.45, 2.75) is 25.7 Å². The summed E-state index contributed by atoms with van der Waals surface area (Å²) in [7, 11) is 0. The third kappa shape index (κ3) is 3.59. The second kappa shape index (κ2) is 7.68. The monoisotopic (exact) mass is 320 g/mol. The molecule has 2 heterocycles. The maximum absolute atomic E-state index is 12.2. The van der Waals surface area contributed by atoms with Crippen LogP contribution in [0.4, 0.5) is 0 Å². The minimum atomic E-state index is -0.181. The summed E-state index contributed by atoms with van der Waals surface area (Å²) in [6, 6.07) is 12.9. The number of carbonyl (C=O) groups is 2. The van der Waals surface area contributed by atoms with Gasteiger partial charge in [0.05, 0.1) is 11.1 Å². The molecule has 24 heavy (non-hydrogen) atoms. The van der Waals surface area contributed by atoms with E-state index in [1.54, 1.807) is 24.3 Å².